The van der Waals surface area contributed by atoms with Crippen LogP contribution < -0.4 is 5.32 Å². The molecule has 2 atom stereocenters. The van der Waals surface area contributed by atoms with Gasteiger partial charge in [0.2, 0.25) is 5.91 Å². The molecular weight excluding hydrogens is 393 g/mol. The van der Waals surface area contributed by atoms with Gasteiger partial charge in [0.1, 0.15) is 5.82 Å². The molecule has 152 valence electrons. The minimum absolute atomic E-state index is 0. The largest absolute Gasteiger partial charge is 0.338 e. The van der Waals surface area contributed by atoms with E-state index in [1.54, 1.807) is 11.0 Å². The summed E-state index contributed by atoms with van der Waals surface area (Å²) in [6.07, 6.45) is 0.511. The van der Waals surface area contributed by atoms with E-state index >= 15 is 0 Å². The van der Waals surface area contributed by atoms with E-state index in [0.717, 1.165) is 12.1 Å². The Labute approximate surface area is 166 Å². The van der Waals surface area contributed by atoms with Gasteiger partial charge in [-0.2, -0.15) is 0 Å². The molecule has 1 N–H and O–H groups in total. The molecule has 0 aliphatic carbocycles. The van der Waals surface area contributed by atoms with Crippen molar-refractivity contribution in [2.24, 2.45) is 0 Å². The van der Waals surface area contributed by atoms with E-state index in [1.165, 1.54) is 12.1 Å². The number of amides is 1. The number of nitrogens with one attached hydrogen (secondary N) is 1. The monoisotopic (exact) mass is 419 g/mol. The fraction of sp³-hybridized carbons (Fsp3) is 0.611. The highest BCUT2D eigenvalue weighted by Gasteiger charge is 2.35. The van der Waals surface area contributed by atoms with Gasteiger partial charge in [0.25, 0.3) is 0 Å². The molecule has 2 aliphatic rings. The number of sulfone groups is 1. The average Bonchev–Trinajstić information content (AvgIpc) is 2.95. The van der Waals surface area contributed by atoms with Crippen molar-refractivity contribution in [3.05, 3.63) is 35.6 Å². The summed E-state index contributed by atoms with van der Waals surface area (Å²) in [6, 6.07) is 6.17. The maximum absolute atomic E-state index is 13.6. The quantitative estimate of drug-likeness (QED) is 0.777. The Kier molecular flexibility index (Phi) is 7.62. The van der Waals surface area contributed by atoms with Crippen LogP contribution in [0.2, 0.25) is 0 Å². The fourth-order valence-electron chi connectivity index (χ4n) is 3.90. The van der Waals surface area contributed by atoms with E-state index in [9.17, 15) is 17.6 Å². The van der Waals surface area contributed by atoms with Crippen LogP contribution in [0.5, 0.6) is 0 Å². The topological polar surface area (TPSA) is 69.7 Å². The van der Waals surface area contributed by atoms with E-state index in [0.29, 0.717) is 26.1 Å². The van der Waals surface area contributed by atoms with E-state index in [2.05, 4.69) is 10.2 Å². The maximum atomic E-state index is 13.6. The summed E-state index contributed by atoms with van der Waals surface area (Å²) in [7, 11) is -3.03. The molecule has 2 aliphatic heterocycles. The molecule has 0 saturated carbocycles. The molecule has 1 aromatic rings. The van der Waals surface area contributed by atoms with Crippen molar-refractivity contribution in [1.29, 1.82) is 0 Å². The Balaban J connectivity index is 0.00000261. The number of likely N-dealkylation sites (N-methyl/N-ethyl adjacent to an activating group) is 1. The number of halogens is 2. The number of hydrogen-bond donors (Lipinski definition) is 1. The number of hydrogen-bond acceptors (Lipinski definition) is 5. The highest BCUT2D eigenvalue weighted by atomic mass is 35.5. The van der Waals surface area contributed by atoms with Crippen molar-refractivity contribution >= 4 is 28.2 Å². The van der Waals surface area contributed by atoms with Gasteiger partial charge in [-0.3, -0.25) is 9.69 Å². The minimum Gasteiger partial charge on any atom is -0.338 e. The first-order chi connectivity index (χ1) is 12.4. The predicted molar refractivity (Wildman–Crippen MR) is 105 cm³/mol. The van der Waals surface area contributed by atoms with Crippen molar-refractivity contribution in [3.8, 4) is 0 Å². The summed E-state index contributed by atoms with van der Waals surface area (Å²) >= 11 is 0. The number of carbonyl (C=O) groups is 1. The summed E-state index contributed by atoms with van der Waals surface area (Å²) in [6.45, 7) is 4.70. The van der Waals surface area contributed by atoms with E-state index in [-0.39, 0.29) is 54.3 Å². The lowest BCUT2D eigenvalue weighted by Gasteiger charge is -2.38. The van der Waals surface area contributed by atoms with Gasteiger partial charge in [0, 0.05) is 38.3 Å². The van der Waals surface area contributed by atoms with Crippen LogP contribution in [-0.2, 0) is 14.6 Å². The molecule has 2 unspecified atom stereocenters. The van der Waals surface area contributed by atoms with Gasteiger partial charge in [-0.15, -0.1) is 12.4 Å². The summed E-state index contributed by atoms with van der Waals surface area (Å²) in [4.78, 5) is 16.6. The summed E-state index contributed by atoms with van der Waals surface area (Å²) in [5.41, 5.74) is 0.844. The van der Waals surface area contributed by atoms with Gasteiger partial charge in [-0.1, -0.05) is 12.1 Å². The molecule has 1 aromatic carbocycles. The normalized spacial score (nSPS) is 25.0. The van der Waals surface area contributed by atoms with Crippen LogP contribution in [0.3, 0.4) is 0 Å². The predicted octanol–water partition coefficient (Wildman–Crippen LogP) is 1.23. The molecule has 0 spiro atoms. The second kappa shape index (κ2) is 9.32. The van der Waals surface area contributed by atoms with Crippen LogP contribution in [0, 0.1) is 5.82 Å². The lowest BCUT2D eigenvalue weighted by molar-refractivity contribution is -0.134. The zero-order valence-corrected chi connectivity index (χ0v) is 17.1. The molecule has 6 nitrogen and oxygen atoms in total. The van der Waals surface area contributed by atoms with Crippen LogP contribution in [0.15, 0.2) is 24.3 Å². The third-order valence-electron chi connectivity index (χ3n) is 5.24. The average molecular weight is 420 g/mol. The number of rotatable bonds is 5. The van der Waals surface area contributed by atoms with E-state index in [1.807, 2.05) is 13.0 Å². The Hall–Kier alpha value is -1.22. The SMILES string of the molecule is CCN(C(=O)CN1CCNCC1c1cccc(F)c1)C1CCS(=O)(=O)C1.Cl. The van der Waals surface area contributed by atoms with Crippen molar-refractivity contribution in [1.82, 2.24) is 15.1 Å². The smallest absolute Gasteiger partial charge is 0.237 e. The molecule has 2 heterocycles. The van der Waals surface area contributed by atoms with Gasteiger partial charge < -0.3 is 10.2 Å². The van der Waals surface area contributed by atoms with Crippen LogP contribution in [-0.4, -0.2) is 74.4 Å². The number of nitrogens with zero attached hydrogens (tertiary/aromatic N) is 2. The molecule has 1 amide bonds. The minimum atomic E-state index is -3.03. The second-order valence-corrected chi connectivity index (χ2v) is 9.21. The van der Waals surface area contributed by atoms with Crippen LogP contribution in [0.25, 0.3) is 0 Å². The standard InChI is InChI=1S/C18H26FN3O3S.ClH/c1-2-22(16-6-9-26(24,25)13-16)18(23)12-21-8-7-20-11-17(21)14-4-3-5-15(19)10-14;/h3-5,10,16-17,20H,2,6-9,11-13H2,1H3;1H. The first kappa shape index (κ1) is 22.1. The van der Waals surface area contributed by atoms with Crippen molar-refractivity contribution in [2.75, 3.05) is 44.2 Å². The van der Waals surface area contributed by atoms with Gasteiger partial charge in [0.15, 0.2) is 9.84 Å². The van der Waals surface area contributed by atoms with Crippen molar-refractivity contribution in [3.63, 3.8) is 0 Å². The number of benzene rings is 1. The fourth-order valence-corrected chi connectivity index (χ4v) is 5.63. The zero-order valence-electron chi connectivity index (χ0n) is 15.4. The molecule has 0 bridgehead atoms. The molecular formula is C18H27ClFN3O3S. The van der Waals surface area contributed by atoms with Gasteiger partial charge in [-0.25, -0.2) is 12.8 Å². The van der Waals surface area contributed by atoms with Gasteiger partial charge in [-0.05, 0) is 31.0 Å². The van der Waals surface area contributed by atoms with Crippen LogP contribution in [0.4, 0.5) is 4.39 Å². The number of piperazine rings is 1. The van der Waals surface area contributed by atoms with Gasteiger partial charge >= 0.3 is 0 Å². The van der Waals surface area contributed by atoms with Crippen molar-refractivity contribution < 1.29 is 17.6 Å². The highest BCUT2D eigenvalue weighted by molar-refractivity contribution is 7.91. The van der Waals surface area contributed by atoms with Crippen LogP contribution >= 0.6 is 12.4 Å². The second-order valence-electron chi connectivity index (χ2n) is 6.98. The highest BCUT2D eigenvalue weighted by Crippen LogP contribution is 2.24. The molecule has 2 fully saturated rings. The molecule has 3 rings (SSSR count). The maximum Gasteiger partial charge on any atom is 0.237 e. The lowest BCUT2D eigenvalue weighted by Crippen LogP contribution is -2.52. The Bertz CT molecular complexity index is 762. The summed E-state index contributed by atoms with van der Waals surface area (Å²) in [5.74, 6) is -0.133. The Morgan fingerprint density at radius 2 is 2.19 bits per heavy atom. The summed E-state index contributed by atoms with van der Waals surface area (Å²) in [5, 5.41) is 3.30. The third-order valence-corrected chi connectivity index (χ3v) is 6.99. The molecule has 0 aromatic heterocycles. The Morgan fingerprint density at radius 3 is 2.81 bits per heavy atom. The van der Waals surface area contributed by atoms with Gasteiger partial charge in [0.05, 0.1) is 18.1 Å². The Morgan fingerprint density at radius 1 is 1.41 bits per heavy atom. The first-order valence-corrected chi connectivity index (χ1v) is 10.9. The van der Waals surface area contributed by atoms with E-state index < -0.39 is 9.84 Å². The molecule has 27 heavy (non-hydrogen) atoms. The zero-order chi connectivity index (χ0) is 18.7. The van der Waals surface area contributed by atoms with Crippen molar-refractivity contribution in [2.45, 2.75) is 25.4 Å². The number of carbonyl (C=O) groups excluding carboxylic acids is 1. The molecule has 9 heteroatoms. The molecule has 0 radical (unpaired) electrons. The third kappa shape index (κ3) is 5.40. The molecule has 2 saturated heterocycles. The van der Waals surface area contributed by atoms with Crippen LogP contribution in [0.1, 0.15) is 24.9 Å². The van der Waals surface area contributed by atoms with E-state index in [4.69, 9.17) is 0 Å². The lowest BCUT2D eigenvalue weighted by atomic mass is 10.0. The summed E-state index contributed by atoms with van der Waals surface area (Å²) < 4.78 is 37.1. The first-order valence-electron chi connectivity index (χ1n) is 9.10.